The predicted molar refractivity (Wildman–Crippen MR) is 106 cm³/mol. The van der Waals surface area contributed by atoms with Gasteiger partial charge in [0.05, 0.1) is 16.1 Å². The summed E-state index contributed by atoms with van der Waals surface area (Å²) in [7, 11) is 0. The smallest absolute Gasteiger partial charge is 0.335 e. The number of carbonyl (C=O) groups is 2. The third-order valence-corrected chi connectivity index (χ3v) is 6.62. The number of carboxylic acids is 1. The standard InChI is InChI=1S/C22H19ClN2O3/c1-12-19(8-5-15(10-24)20(12)23)25-11-18-16(6-7-17(18)21(25)26)13-3-2-4-14(9-13)22(27)28/h2-5,8-9,16-18H,6-7,11H2,1H3,(H,27,28)/t16-,17+,18-/m1/s1. The molecule has 142 valence electrons. The number of halogens is 1. The quantitative estimate of drug-likeness (QED) is 0.837. The Bertz CT molecular complexity index is 1030. The second-order valence-corrected chi connectivity index (χ2v) is 7.89. The molecule has 1 saturated heterocycles. The molecule has 0 aromatic heterocycles. The number of hydrogen-bond acceptors (Lipinski definition) is 3. The maximum atomic E-state index is 13.1. The van der Waals surface area contributed by atoms with Gasteiger partial charge in [-0.15, -0.1) is 0 Å². The second-order valence-electron chi connectivity index (χ2n) is 7.52. The topological polar surface area (TPSA) is 81.4 Å². The molecule has 5 nitrogen and oxygen atoms in total. The van der Waals surface area contributed by atoms with Crippen LogP contribution >= 0.6 is 11.6 Å². The van der Waals surface area contributed by atoms with Crippen LogP contribution in [0, 0.1) is 30.1 Å². The number of amides is 1. The molecule has 0 bridgehead atoms. The number of nitriles is 1. The highest BCUT2D eigenvalue weighted by Crippen LogP contribution is 2.49. The molecule has 2 aliphatic rings. The number of aromatic carboxylic acids is 1. The van der Waals surface area contributed by atoms with Gasteiger partial charge in [-0.05, 0) is 67.0 Å². The van der Waals surface area contributed by atoms with E-state index in [1.54, 1.807) is 35.2 Å². The van der Waals surface area contributed by atoms with E-state index in [1.165, 1.54) is 0 Å². The van der Waals surface area contributed by atoms with Crippen LogP contribution in [0.4, 0.5) is 5.69 Å². The third kappa shape index (κ3) is 2.85. The van der Waals surface area contributed by atoms with E-state index in [0.717, 1.165) is 29.7 Å². The van der Waals surface area contributed by atoms with Crippen LogP contribution in [0.3, 0.4) is 0 Å². The molecule has 1 aliphatic heterocycles. The van der Waals surface area contributed by atoms with Crippen molar-refractivity contribution in [1.82, 2.24) is 0 Å². The van der Waals surface area contributed by atoms with Crippen molar-refractivity contribution in [3.05, 3.63) is 63.7 Å². The number of fused-ring (bicyclic) bond motifs is 1. The van der Waals surface area contributed by atoms with Crippen LogP contribution in [0.2, 0.25) is 5.02 Å². The molecule has 28 heavy (non-hydrogen) atoms. The zero-order valence-corrected chi connectivity index (χ0v) is 16.1. The summed E-state index contributed by atoms with van der Waals surface area (Å²) in [4.78, 5) is 26.2. The van der Waals surface area contributed by atoms with Crippen molar-refractivity contribution in [3.63, 3.8) is 0 Å². The molecule has 0 radical (unpaired) electrons. The highest BCUT2D eigenvalue weighted by atomic mass is 35.5. The number of rotatable bonds is 3. The van der Waals surface area contributed by atoms with Gasteiger partial charge in [-0.3, -0.25) is 4.79 Å². The maximum absolute atomic E-state index is 13.1. The fraction of sp³-hybridized carbons (Fsp3) is 0.318. The molecule has 0 spiro atoms. The SMILES string of the molecule is Cc1c(N2C[C@H]3[C@H](CC[C@@H]3c3cccc(C(=O)O)c3)C2=O)ccc(C#N)c1Cl. The summed E-state index contributed by atoms with van der Waals surface area (Å²) in [6.45, 7) is 2.40. The van der Waals surface area contributed by atoms with Crippen molar-refractivity contribution >= 4 is 29.2 Å². The number of nitrogens with zero attached hydrogens (tertiary/aromatic N) is 2. The molecule has 2 aromatic rings. The van der Waals surface area contributed by atoms with E-state index in [0.29, 0.717) is 17.1 Å². The summed E-state index contributed by atoms with van der Waals surface area (Å²) in [6, 6.07) is 12.5. The molecule has 2 aromatic carbocycles. The normalized spacial score (nSPS) is 23.5. The largest absolute Gasteiger partial charge is 0.478 e. The molecule has 1 amide bonds. The highest BCUT2D eigenvalue weighted by Gasteiger charge is 2.49. The fourth-order valence-corrected chi connectivity index (χ4v) is 4.92. The second kappa shape index (κ2) is 6.96. The zero-order valence-electron chi connectivity index (χ0n) is 15.4. The van der Waals surface area contributed by atoms with Gasteiger partial charge in [0.25, 0.3) is 0 Å². The summed E-state index contributed by atoms with van der Waals surface area (Å²) in [5, 5.41) is 18.8. The van der Waals surface area contributed by atoms with Crippen molar-refractivity contribution in [3.8, 4) is 6.07 Å². The van der Waals surface area contributed by atoms with Crippen LogP contribution < -0.4 is 4.90 Å². The van der Waals surface area contributed by atoms with Gasteiger partial charge in [0.15, 0.2) is 0 Å². The Labute approximate surface area is 168 Å². The van der Waals surface area contributed by atoms with Crippen molar-refractivity contribution in [2.75, 3.05) is 11.4 Å². The van der Waals surface area contributed by atoms with E-state index in [1.807, 2.05) is 13.0 Å². The van der Waals surface area contributed by atoms with E-state index in [2.05, 4.69) is 6.07 Å². The molecule has 1 aliphatic carbocycles. The Morgan fingerprint density at radius 2 is 2.00 bits per heavy atom. The third-order valence-electron chi connectivity index (χ3n) is 6.13. The van der Waals surface area contributed by atoms with Gasteiger partial charge in [-0.1, -0.05) is 23.7 Å². The Morgan fingerprint density at radius 1 is 1.25 bits per heavy atom. The minimum absolute atomic E-state index is 0.0627. The number of hydrogen-bond donors (Lipinski definition) is 1. The molecular formula is C22H19ClN2O3. The monoisotopic (exact) mass is 394 g/mol. The fourth-order valence-electron chi connectivity index (χ4n) is 4.72. The highest BCUT2D eigenvalue weighted by molar-refractivity contribution is 6.33. The van der Waals surface area contributed by atoms with Crippen molar-refractivity contribution in [2.24, 2.45) is 11.8 Å². The van der Waals surface area contributed by atoms with E-state index in [4.69, 9.17) is 16.9 Å². The lowest BCUT2D eigenvalue weighted by atomic mass is 9.86. The van der Waals surface area contributed by atoms with Crippen molar-refractivity contribution < 1.29 is 14.7 Å². The van der Waals surface area contributed by atoms with Crippen LogP contribution in [0.5, 0.6) is 0 Å². The van der Waals surface area contributed by atoms with E-state index in [-0.39, 0.29) is 29.2 Å². The summed E-state index contributed by atoms with van der Waals surface area (Å²) >= 11 is 6.30. The number of carboxylic acid groups (broad SMARTS) is 1. The van der Waals surface area contributed by atoms with Crippen LogP contribution in [-0.2, 0) is 4.79 Å². The molecule has 1 saturated carbocycles. The van der Waals surface area contributed by atoms with Gasteiger partial charge in [0.1, 0.15) is 6.07 Å². The average molecular weight is 395 g/mol. The summed E-state index contributed by atoms with van der Waals surface area (Å²) in [6.07, 6.45) is 1.68. The summed E-state index contributed by atoms with van der Waals surface area (Å²) < 4.78 is 0. The molecule has 0 unspecified atom stereocenters. The molecule has 4 rings (SSSR count). The average Bonchev–Trinajstić information content (AvgIpc) is 3.24. The molecule has 6 heteroatoms. The van der Waals surface area contributed by atoms with Crippen LogP contribution in [0.1, 0.15) is 45.8 Å². The Hall–Kier alpha value is -2.84. The number of anilines is 1. The number of carbonyl (C=O) groups excluding carboxylic acids is 1. The van der Waals surface area contributed by atoms with Crippen LogP contribution in [0.25, 0.3) is 0 Å². The Kier molecular flexibility index (Phi) is 4.60. The summed E-state index contributed by atoms with van der Waals surface area (Å²) in [5.41, 5.74) is 3.14. The van der Waals surface area contributed by atoms with E-state index >= 15 is 0 Å². The van der Waals surface area contributed by atoms with Gasteiger partial charge >= 0.3 is 5.97 Å². The van der Waals surface area contributed by atoms with Crippen LogP contribution in [-0.4, -0.2) is 23.5 Å². The minimum Gasteiger partial charge on any atom is -0.478 e. The predicted octanol–water partition coefficient (Wildman–Crippen LogP) is 4.37. The molecule has 1 N–H and O–H groups in total. The number of benzene rings is 2. The molecular weight excluding hydrogens is 376 g/mol. The first-order valence-electron chi connectivity index (χ1n) is 9.26. The Balaban J connectivity index is 1.65. The van der Waals surface area contributed by atoms with Crippen molar-refractivity contribution in [2.45, 2.75) is 25.7 Å². The van der Waals surface area contributed by atoms with Gasteiger partial charge in [0.2, 0.25) is 5.91 Å². The molecule has 3 atom stereocenters. The molecule has 2 fully saturated rings. The lowest BCUT2D eigenvalue weighted by Gasteiger charge is -2.23. The van der Waals surface area contributed by atoms with E-state index in [9.17, 15) is 14.7 Å². The minimum atomic E-state index is -0.941. The first kappa shape index (κ1) is 18.5. The summed E-state index contributed by atoms with van der Waals surface area (Å²) in [5.74, 6) is -0.612. The molecule has 1 heterocycles. The van der Waals surface area contributed by atoms with Gasteiger partial charge in [0, 0.05) is 18.2 Å². The van der Waals surface area contributed by atoms with Gasteiger partial charge in [-0.25, -0.2) is 4.79 Å². The van der Waals surface area contributed by atoms with E-state index < -0.39 is 5.97 Å². The van der Waals surface area contributed by atoms with Crippen molar-refractivity contribution in [1.29, 1.82) is 5.26 Å². The van der Waals surface area contributed by atoms with Gasteiger partial charge in [-0.2, -0.15) is 5.26 Å². The maximum Gasteiger partial charge on any atom is 0.335 e. The Morgan fingerprint density at radius 3 is 2.71 bits per heavy atom. The first-order valence-corrected chi connectivity index (χ1v) is 9.64. The van der Waals surface area contributed by atoms with Gasteiger partial charge < -0.3 is 10.0 Å². The lowest BCUT2D eigenvalue weighted by molar-refractivity contribution is -0.120. The lowest BCUT2D eigenvalue weighted by Crippen LogP contribution is -2.28. The first-order chi connectivity index (χ1) is 13.4. The van der Waals surface area contributed by atoms with Crippen LogP contribution in [0.15, 0.2) is 36.4 Å². The zero-order chi connectivity index (χ0) is 20.0.